The van der Waals surface area contributed by atoms with Crippen molar-refractivity contribution in [1.82, 2.24) is 25.2 Å². The maximum Gasteiger partial charge on any atom is 0.254 e. The number of nitrogens with two attached hydrogens (primary N) is 1. The predicted octanol–water partition coefficient (Wildman–Crippen LogP) is 1.29. The third-order valence-corrected chi connectivity index (χ3v) is 4.97. The molecule has 8 heteroatoms. The van der Waals surface area contributed by atoms with Gasteiger partial charge < -0.3 is 16.0 Å². The molecule has 144 valence electrons. The van der Waals surface area contributed by atoms with Gasteiger partial charge in [0.15, 0.2) is 0 Å². The quantitative estimate of drug-likeness (QED) is 0.706. The number of fused-ring (bicyclic) bond motifs is 1. The minimum Gasteiger partial charge on any atom is -0.383 e. The zero-order valence-electron chi connectivity index (χ0n) is 15.8. The van der Waals surface area contributed by atoms with Gasteiger partial charge in [-0.2, -0.15) is 0 Å². The SMILES string of the molecule is CNC(=O)c1cccnc1N1CCN(Cc2nc(N)c3ccccc3n2)CC1. The Morgan fingerprint density at radius 2 is 1.89 bits per heavy atom. The Hall–Kier alpha value is -3.26. The molecule has 3 N–H and O–H groups in total. The smallest absolute Gasteiger partial charge is 0.254 e. The molecular weight excluding hydrogens is 354 g/mol. The van der Waals surface area contributed by atoms with E-state index in [-0.39, 0.29) is 5.91 Å². The van der Waals surface area contributed by atoms with Gasteiger partial charge >= 0.3 is 0 Å². The van der Waals surface area contributed by atoms with Crippen LogP contribution in [0.1, 0.15) is 16.2 Å². The minimum absolute atomic E-state index is 0.120. The molecule has 4 rings (SSSR count). The highest BCUT2D eigenvalue weighted by Crippen LogP contribution is 2.21. The number of pyridine rings is 1. The van der Waals surface area contributed by atoms with Gasteiger partial charge in [-0.05, 0) is 24.3 Å². The maximum atomic E-state index is 12.1. The molecule has 1 aromatic carbocycles. The number of para-hydroxylation sites is 1. The fraction of sp³-hybridized carbons (Fsp3) is 0.300. The molecule has 0 saturated carbocycles. The lowest BCUT2D eigenvalue weighted by atomic mass is 10.2. The predicted molar refractivity (Wildman–Crippen MR) is 109 cm³/mol. The van der Waals surface area contributed by atoms with Crippen LogP contribution in [-0.2, 0) is 6.54 Å². The van der Waals surface area contributed by atoms with Gasteiger partial charge in [0, 0.05) is 44.8 Å². The zero-order valence-corrected chi connectivity index (χ0v) is 15.8. The third-order valence-electron chi connectivity index (χ3n) is 4.97. The molecule has 3 aromatic rings. The fourth-order valence-electron chi connectivity index (χ4n) is 3.50. The van der Waals surface area contributed by atoms with E-state index >= 15 is 0 Å². The molecule has 0 atom stereocenters. The van der Waals surface area contributed by atoms with Crippen molar-refractivity contribution in [2.24, 2.45) is 0 Å². The van der Waals surface area contributed by atoms with Crippen molar-refractivity contribution in [1.29, 1.82) is 0 Å². The average Bonchev–Trinajstić information content (AvgIpc) is 2.74. The monoisotopic (exact) mass is 377 g/mol. The molecular formula is C20H23N7O. The molecule has 2 aromatic heterocycles. The number of nitrogen functional groups attached to an aromatic ring is 1. The second-order valence-electron chi connectivity index (χ2n) is 6.76. The number of amides is 1. The number of rotatable bonds is 4. The number of carbonyl (C=O) groups is 1. The van der Waals surface area contributed by atoms with Gasteiger partial charge in [-0.1, -0.05) is 12.1 Å². The highest BCUT2D eigenvalue weighted by Gasteiger charge is 2.23. The van der Waals surface area contributed by atoms with E-state index in [9.17, 15) is 4.79 Å². The van der Waals surface area contributed by atoms with Crippen molar-refractivity contribution in [3.05, 3.63) is 54.0 Å². The molecule has 0 unspecified atom stereocenters. The van der Waals surface area contributed by atoms with Crippen LogP contribution in [0.3, 0.4) is 0 Å². The first-order valence-corrected chi connectivity index (χ1v) is 9.31. The Morgan fingerprint density at radius 1 is 1.11 bits per heavy atom. The van der Waals surface area contributed by atoms with Crippen LogP contribution in [0.25, 0.3) is 10.9 Å². The van der Waals surface area contributed by atoms with Crippen LogP contribution in [0, 0.1) is 0 Å². The Balaban J connectivity index is 1.45. The summed E-state index contributed by atoms with van der Waals surface area (Å²) in [5.41, 5.74) is 7.56. The van der Waals surface area contributed by atoms with Crippen molar-refractivity contribution in [3.63, 3.8) is 0 Å². The lowest BCUT2D eigenvalue weighted by Gasteiger charge is -2.35. The lowest BCUT2D eigenvalue weighted by Crippen LogP contribution is -2.47. The standard InChI is InChI=1S/C20H23N7O/c1-22-20(28)15-6-4-8-23-19(15)27-11-9-26(10-12-27)13-17-24-16-7-3-2-5-14(16)18(21)25-17/h2-8H,9-13H2,1H3,(H,22,28)(H2,21,24,25). The van der Waals surface area contributed by atoms with Crippen molar-refractivity contribution in [2.75, 3.05) is 43.9 Å². The number of benzene rings is 1. The van der Waals surface area contributed by atoms with Gasteiger partial charge in [-0.3, -0.25) is 9.69 Å². The lowest BCUT2D eigenvalue weighted by molar-refractivity contribution is 0.0963. The number of anilines is 2. The molecule has 0 radical (unpaired) electrons. The number of carbonyl (C=O) groups excluding carboxylic acids is 1. The van der Waals surface area contributed by atoms with Crippen LogP contribution in [0.2, 0.25) is 0 Å². The number of nitrogens with zero attached hydrogens (tertiary/aromatic N) is 5. The highest BCUT2D eigenvalue weighted by atomic mass is 16.1. The molecule has 1 aliphatic rings. The molecule has 1 aliphatic heterocycles. The molecule has 0 bridgehead atoms. The van der Waals surface area contributed by atoms with E-state index in [0.29, 0.717) is 17.9 Å². The first kappa shape index (κ1) is 18.1. The van der Waals surface area contributed by atoms with Crippen molar-refractivity contribution in [3.8, 4) is 0 Å². The maximum absolute atomic E-state index is 12.1. The first-order chi connectivity index (χ1) is 13.7. The Labute approximate surface area is 163 Å². The Morgan fingerprint density at radius 3 is 2.68 bits per heavy atom. The van der Waals surface area contributed by atoms with E-state index in [1.807, 2.05) is 24.3 Å². The van der Waals surface area contributed by atoms with Gasteiger partial charge in [-0.15, -0.1) is 0 Å². The van der Waals surface area contributed by atoms with E-state index < -0.39 is 0 Å². The second-order valence-corrected chi connectivity index (χ2v) is 6.76. The van der Waals surface area contributed by atoms with Gasteiger partial charge in [0.25, 0.3) is 5.91 Å². The average molecular weight is 377 g/mol. The van der Waals surface area contributed by atoms with Crippen LogP contribution in [0.4, 0.5) is 11.6 Å². The summed E-state index contributed by atoms with van der Waals surface area (Å²) >= 11 is 0. The molecule has 1 amide bonds. The molecule has 8 nitrogen and oxygen atoms in total. The summed E-state index contributed by atoms with van der Waals surface area (Å²) in [5.74, 6) is 1.86. The zero-order chi connectivity index (χ0) is 19.5. The molecule has 1 saturated heterocycles. The van der Waals surface area contributed by atoms with Gasteiger partial charge in [0.05, 0.1) is 17.6 Å². The van der Waals surface area contributed by atoms with Crippen LogP contribution in [0.15, 0.2) is 42.6 Å². The fourth-order valence-corrected chi connectivity index (χ4v) is 3.50. The molecule has 1 fully saturated rings. The summed E-state index contributed by atoms with van der Waals surface area (Å²) in [6.45, 7) is 3.88. The highest BCUT2D eigenvalue weighted by molar-refractivity contribution is 5.98. The number of nitrogens with one attached hydrogen (secondary N) is 1. The van der Waals surface area contributed by atoms with E-state index in [0.717, 1.165) is 48.7 Å². The van der Waals surface area contributed by atoms with E-state index in [1.54, 1.807) is 25.4 Å². The Kier molecular flexibility index (Phi) is 5.03. The summed E-state index contributed by atoms with van der Waals surface area (Å²) < 4.78 is 0. The summed E-state index contributed by atoms with van der Waals surface area (Å²) in [5, 5.41) is 3.56. The van der Waals surface area contributed by atoms with Crippen LogP contribution < -0.4 is 16.0 Å². The van der Waals surface area contributed by atoms with Crippen molar-refractivity contribution in [2.45, 2.75) is 6.54 Å². The second kappa shape index (κ2) is 7.77. The largest absolute Gasteiger partial charge is 0.383 e. The van der Waals surface area contributed by atoms with Gasteiger partial charge in [-0.25, -0.2) is 15.0 Å². The van der Waals surface area contributed by atoms with E-state index in [2.05, 4.69) is 30.1 Å². The molecule has 28 heavy (non-hydrogen) atoms. The van der Waals surface area contributed by atoms with Crippen molar-refractivity contribution < 1.29 is 4.79 Å². The number of hydrogen-bond donors (Lipinski definition) is 2. The normalized spacial score (nSPS) is 15.0. The molecule has 0 spiro atoms. The van der Waals surface area contributed by atoms with Crippen molar-refractivity contribution >= 4 is 28.4 Å². The Bertz CT molecular complexity index is 999. The third kappa shape index (κ3) is 3.59. The van der Waals surface area contributed by atoms with Crippen LogP contribution in [-0.4, -0.2) is 59.0 Å². The summed E-state index contributed by atoms with van der Waals surface area (Å²) in [4.78, 5) is 30.1. The van der Waals surface area contributed by atoms with E-state index in [4.69, 9.17) is 5.73 Å². The van der Waals surface area contributed by atoms with E-state index in [1.165, 1.54) is 0 Å². The number of aromatic nitrogens is 3. The van der Waals surface area contributed by atoms with Crippen LogP contribution in [0.5, 0.6) is 0 Å². The summed E-state index contributed by atoms with van der Waals surface area (Å²) in [6.07, 6.45) is 1.72. The minimum atomic E-state index is -0.120. The molecule has 0 aliphatic carbocycles. The van der Waals surface area contributed by atoms with Gasteiger partial charge in [0.1, 0.15) is 17.5 Å². The van der Waals surface area contributed by atoms with Gasteiger partial charge in [0.2, 0.25) is 0 Å². The molecule has 3 heterocycles. The van der Waals surface area contributed by atoms with Crippen LogP contribution >= 0.6 is 0 Å². The number of piperazine rings is 1. The first-order valence-electron chi connectivity index (χ1n) is 9.31. The topological polar surface area (TPSA) is 100 Å². The number of hydrogen-bond acceptors (Lipinski definition) is 7. The summed E-state index contributed by atoms with van der Waals surface area (Å²) in [6, 6.07) is 11.4. The summed E-state index contributed by atoms with van der Waals surface area (Å²) in [7, 11) is 1.63.